The molecule has 4 aromatic rings. The van der Waals surface area contributed by atoms with Gasteiger partial charge in [0.15, 0.2) is 5.82 Å². The fraction of sp³-hybridized carbons (Fsp3) is 0.485. The van der Waals surface area contributed by atoms with Crippen molar-refractivity contribution in [2.24, 2.45) is 0 Å². The molecule has 0 saturated carbocycles. The van der Waals surface area contributed by atoms with Gasteiger partial charge in [-0.25, -0.2) is 13.2 Å². The van der Waals surface area contributed by atoms with Gasteiger partial charge in [0.25, 0.3) is 0 Å². The summed E-state index contributed by atoms with van der Waals surface area (Å²) in [6, 6.07) is 9.57. The van der Waals surface area contributed by atoms with Gasteiger partial charge in [0.1, 0.15) is 35.6 Å². The van der Waals surface area contributed by atoms with Gasteiger partial charge in [-0.15, -0.1) is 0 Å². The number of ether oxygens (including phenoxy) is 1. The van der Waals surface area contributed by atoms with Gasteiger partial charge in [0.05, 0.1) is 10.9 Å². The molecule has 5 fully saturated rings. The van der Waals surface area contributed by atoms with Gasteiger partial charge >= 0.3 is 6.01 Å². The van der Waals surface area contributed by atoms with Crippen LogP contribution in [0.25, 0.3) is 32.9 Å². The Labute approximate surface area is 253 Å². The molecule has 5 saturated heterocycles. The van der Waals surface area contributed by atoms with Gasteiger partial charge in [0.2, 0.25) is 0 Å². The van der Waals surface area contributed by atoms with Crippen molar-refractivity contribution >= 4 is 27.5 Å². The molecule has 5 atom stereocenters. The van der Waals surface area contributed by atoms with E-state index in [-0.39, 0.29) is 35.4 Å². The van der Waals surface area contributed by atoms with E-state index in [0.29, 0.717) is 52.6 Å². The largest absolute Gasteiger partial charge is 0.461 e. The first kappa shape index (κ1) is 26.8. The summed E-state index contributed by atoms with van der Waals surface area (Å²) < 4.78 is 52.9. The van der Waals surface area contributed by atoms with Crippen LogP contribution in [-0.2, 0) is 0 Å². The predicted molar refractivity (Wildman–Crippen MR) is 162 cm³/mol. The molecule has 0 radical (unpaired) electrons. The lowest BCUT2D eigenvalue weighted by Crippen LogP contribution is -2.51. The molecule has 0 aliphatic carbocycles. The number of nitrogens with one attached hydrogen (secondary N) is 2. The average Bonchev–Trinajstić information content (AvgIpc) is 3.63. The van der Waals surface area contributed by atoms with E-state index < -0.39 is 17.8 Å². The zero-order valence-corrected chi connectivity index (χ0v) is 24.3. The Morgan fingerprint density at radius 2 is 1.91 bits per heavy atom. The number of fused-ring (bicyclic) bond motifs is 5. The van der Waals surface area contributed by atoms with Crippen LogP contribution in [0.5, 0.6) is 6.01 Å². The SMILES string of the molecule is Fc1c(-c2cc([C@@H]3CN3)cc3cccc(F)c23)ncc2c(N3CC4CCC(C3)N4)nc(OC[C@@]34CCCN3C[C@H](F)C4)nc12. The number of aromatic nitrogens is 3. The van der Waals surface area contributed by atoms with E-state index in [1.807, 2.05) is 18.2 Å². The molecule has 11 heteroatoms. The highest BCUT2D eigenvalue weighted by atomic mass is 19.1. The van der Waals surface area contributed by atoms with Crippen molar-refractivity contribution in [3.05, 3.63) is 53.7 Å². The molecule has 2 bridgehead atoms. The molecule has 2 N–H and O–H groups in total. The number of anilines is 1. The molecule has 2 aromatic carbocycles. The Morgan fingerprint density at radius 1 is 1.07 bits per heavy atom. The number of hydrogen-bond donors (Lipinski definition) is 2. The van der Waals surface area contributed by atoms with Gasteiger partial charge in [-0.05, 0) is 61.4 Å². The zero-order valence-electron chi connectivity index (χ0n) is 24.3. The van der Waals surface area contributed by atoms with Crippen LogP contribution in [0, 0.1) is 11.6 Å². The van der Waals surface area contributed by atoms with Crippen molar-refractivity contribution in [1.82, 2.24) is 30.5 Å². The smallest absolute Gasteiger partial charge is 0.319 e. The minimum absolute atomic E-state index is 0.0442. The molecule has 9 rings (SSSR count). The van der Waals surface area contributed by atoms with Crippen LogP contribution in [0.15, 0.2) is 36.5 Å². The molecule has 0 spiro atoms. The van der Waals surface area contributed by atoms with E-state index in [1.165, 1.54) is 6.07 Å². The summed E-state index contributed by atoms with van der Waals surface area (Å²) in [6.45, 7) is 3.80. The standard InChI is InChI=1S/C33H34F3N7O/c34-20-11-33(7-2-8-43(33)14-20)17-44-32-40-30-24(31(41-32)42-15-21-5-6-22(16-42)39-21)12-38-29(28(30)36)23-10-19(26-13-37-26)9-18-3-1-4-25(35)27(18)23/h1,3-4,9-10,12,20-22,26,37,39H,2,5-8,11,13-17H2/t20-,21?,22?,26+,33+/m1/s1. The first-order valence-electron chi connectivity index (χ1n) is 15.8. The summed E-state index contributed by atoms with van der Waals surface area (Å²) in [4.78, 5) is 18.4. The molecular weight excluding hydrogens is 567 g/mol. The Hall–Kier alpha value is -3.54. The normalized spacial score (nSPS) is 29.6. The van der Waals surface area contributed by atoms with E-state index >= 15 is 8.78 Å². The van der Waals surface area contributed by atoms with Crippen LogP contribution in [0.1, 0.15) is 43.7 Å². The third-order valence-corrected chi connectivity index (χ3v) is 10.4. The molecule has 0 amide bonds. The van der Waals surface area contributed by atoms with E-state index in [1.54, 1.807) is 12.3 Å². The topological polar surface area (TPSA) is 88.3 Å². The maximum absolute atomic E-state index is 16.8. The first-order valence-corrected chi connectivity index (χ1v) is 15.8. The lowest BCUT2D eigenvalue weighted by atomic mass is 9.95. The lowest BCUT2D eigenvalue weighted by Gasteiger charge is -2.34. The predicted octanol–water partition coefficient (Wildman–Crippen LogP) is 4.66. The van der Waals surface area contributed by atoms with Crippen molar-refractivity contribution in [3.63, 3.8) is 0 Å². The Balaban J connectivity index is 1.18. The second kappa shape index (κ2) is 9.98. The highest BCUT2D eigenvalue weighted by molar-refractivity contribution is 6.00. The highest BCUT2D eigenvalue weighted by Crippen LogP contribution is 2.42. The number of alkyl halides is 1. The Kier molecular flexibility index (Phi) is 6.09. The fourth-order valence-corrected chi connectivity index (χ4v) is 8.22. The summed E-state index contributed by atoms with van der Waals surface area (Å²) in [7, 11) is 0. The van der Waals surface area contributed by atoms with Gasteiger partial charge in [-0.1, -0.05) is 12.1 Å². The van der Waals surface area contributed by atoms with Gasteiger partial charge in [-0.3, -0.25) is 9.88 Å². The molecule has 2 unspecified atom stereocenters. The third kappa shape index (κ3) is 4.34. The summed E-state index contributed by atoms with van der Waals surface area (Å²) in [5, 5.41) is 8.45. The van der Waals surface area contributed by atoms with E-state index in [4.69, 9.17) is 9.72 Å². The molecule has 5 aliphatic heterocycles. The number of piperazine rings is 1. The molecule has 8 nitrogen and oxygen atoms in total. The van der Waals surface area contributed by atoms with E-state index in [0.717, 1.165) is 57.4 Å². The van der Waals surface area contributed by atoms with Gasteiger partial charge in [0, 0.05) is 67.9 Å². The summed E-state index contributed by atoms with van der Waals surface area (Å²) in [5.74, 6) is -0.477. The zero-order chi connectivity index (χ0) is 29.6. The second-order valence-electron chi connectivity index (χ2n) is 13.3. The van der Waals surface area contributed by atoms with Crippen LogP contribution < -0.4 is 20.3 Å². The number of pyridine rings is 1. The Bertz CT molecular complexity index is 1790. The molecule has 44 heavy (non-hydrogen) atoms. The number of nitrogens with zero attached hydrogens (tertiary/aromatic N) is 5. The molecule has 2 aromatic heterocycles. The maximum atomic E-state index is 16.8. The second-order valence-corrected chi connectivity index (χ2v) is 13.3. The van der Waals surface area contributed by atoms with E-state index in [2.05, 4.69) is 30.4 Å². The Morgan fingerprint density at radius 3 is 2.73 bits per heavy atom. The summed E-state index contributed by atoms with van der Waals surface area (Å²) in [5.41, 5.74) is 1.11. The van der Waals surface area contributed by atoms with Crippen molar-refractivity contribution < 1.29 is 17.9 Å². The number of rotatable bonds is 6. The molecule has 228 valence electrons. The van der Waals surface area contributed by atoms with Crippen molar-refractivity contribution in [1.29, 1.82) is 0 Å². The van der Waals surface area contributed by atoms with Crippen molar-refractivity contribution in [2.45, 2.75) is 61.9 Å². The first-order chi connectivity index (χ1) is 21.4. The van der Waals surface area contributed by atoms with Crippen molar-refractivity contribution in [3.8, 4) is 17.3 Å². The maximum Gasteiger partial charge on any atom is 0.319 e. The minimum Gasteiger partial charge on any atom is -0.461 e. The summed E-state index contributed by atoms with van der Waals surface area (Å²) in [6.07, 6.45) is 5.16. The number of benzene rings is 2. The van der Waals surface area contributed by atoms with Crippen LogP contribution in [0.4, 0.5) is 19.0 Å². The third-order valence-electron chi connectivity index (χ3n) is 10.4. The lowest BCUT2D eigenvalue weighted by molar-refractivity contribution is 0.107. The molecule has 7 heterocycles. The summed E-state index contributed by atoms with van der Waals surface area (Å²) >= 11 is 0. The van der Waals surface area contributed by atoms with Gasteiger partial charge in [-0.2, -0.15) is 9.97 Å². The van der Waals surface area contributed by atoms with E-state index in [9.17, 15) is 4.39 Å². The minimum atomic E-state index is -0.883. The highest BCUT2D eigenvalue weighted by Gasteiger charge is 2.49. The number of halogens is 3. The van der Waals surface area contributed by atoms with Crippen LogP contribution >= 0.6 is 0 Å². The van der Waals surface area contributed by atoms with Crippen LogP contribution in [0.2, 0.25) is 0 Å². The number of hydrogen-bond acceptors (Lipinski definition) is 8. The molecular formula is C33H34F3N7O. The fourth-order valence-electron chi connectivity index (χ4n) is 8.22. The molecule has 5 aliphatic rings. The quantitative estimate of drug-likeness (QED) is 0.309. The van der Waals surface area contributed by atoms with Gasteiger partial charge < -0.3 is 20.3 Å². The monoisotopic (exact) mass is 601 g/mol. The van der Waals surface area contributed by atoms with Crippen LogP contribution in [-0.4, -0.2) is 83.0 Å². The van der Waals surface area contributed by atoms with Crippen molar-refractivity contribution in [2.75, 3.05) is 44.2 Å². The van der Waals surface area contributed by atoms with Crippen LogP contribution in [0.3, 0.4) is 0 Å². The average molecular weight is 602 g/mol.